The predicted molar refractivity (Wildman–Crippen MR) is 294 cm³/mol. The maximum atomic E-state index is 11.9. The fourth-order valence-corrected chi connectivity index (χ4v) is 6.79. The largest absolute Gasteiger partial charge is 0.457 e. The molecule has 10 nitrogen and oxygen atoms in total. The van der Waals surface area contributed by atoms with Crippen molar-refractivity contribution >= 4 is 46.8 Å². The zero-order chi connectivity index (χ0) is 49.3. The average Bonchev–Trinajstić information content (AvgIpc) is 3.56. The summed E-state index contributed by atoms with van der Waals surface area (Å²) in [6.45, 7) is 5.43. The molecule has 7 aromatic rings. The van der Waals surface area contributed by atoms with Crippen molar-refractivity contribution in [3.8, 4) is 47.0 Å². The second-order valence-electron chi connectivity index (χ2n) is 15.2. The van der Waals surface area contributed by atoms with E-state index in [2.05, 4.69) is 35.5 Å². The van der Waals surface area contributed by atoms with Crippen molar-refractivity contribution in [3.05, 3.63) is 226 Å². The Bertz CT molecular complexity index is 3210. The molecule has 6 amide bonds. The van der Waals surface area contributed by atoms with Gasteiger partial charge in [0.05, 0.1) is 22.5 Å². The van der Waals surface area contributed by atoms with Crippen LogP contribution in [0.25, 0.3) is 0 Å². The molecular weight excluding hydrogens is 911 g/mol. The highest BCUT2D eigenvalue weighted by molar-refractivity contribution is 6.21. The third-order valence-corrected chi connectivity index (χ3v) is 9.97. The first-order chi connectivity index (χ1) is 33.3. The molecule has 0 fully saturated rings. The highest BCUT2D eigenvalue weighted by atomic mass is 16.5. The molecule has 0 atom stereocenters. The van der Waals surface area contributed by atoms with Gasteiger partial charge in [0, 0.05) is 74.2 Å². The average molecular weight is 972 g/mol. The second kappa shape index (κ2) is 28.8. The van der Waals surface area contributed by atoms with Gasteiger partial charge in [0.25, 0.3) is 11.8 Å². The minimum absolute atomic E-state index is 0. The minimum atomic E-state index is -0.345. The van der Waals surface area contributed by atoms with Gasteiger partial charge >= 0.3 is 0 Å². The van der Waals surface area contributed by atoms with Gasteiger partial charge in [-0.1, -0.05) is 138 Å². The van der Waals surface area contributed by atoms with Crippen LogP contribution < -0.4 is 14.5 Å². The van der Waals surface area contributed by atoms with Crippen LogP contribution in [0.4, 0.5) is 11.4 Å². The van der Waals surface area contributed by atoms with Crippen LogP contribution in [0, 0.1) is 35.5 Å². The molecule has 0 N–H and O–H groups in total. The summed E-state index contributed by atoms with van der Waals surface area (Å²) in [6.07, 6.45) is 0. The quantitative estimate of drug-likeness (QED) is 0.127. The lowest BCUT2D eigenvalue weighted by Crippen LogP contribution is -2.33. The Hall–Kier alpha value is -9.56. The van der Waals surface area contributed by atoms with Gasteiger partial charge in [0.1, 0.15) is 11.5 Å². The fourth-order valence-electron chi connectivity index (χ4n) is 6.79. The first-order valence-electron chi connectivity index (χ1n) is 21.6. The predicted octanol–water partition coefficient (Wildman–Crippen LogP) is 12.6. The monoisotopic (exact) mass is 971 g/mol. The number of fused-ring (bicyclic) bond motifs is 1. The molecule has 0 bridgehead atoms. The number of ether oxygens (including phenoxy) is 1. The van der Waals surface area contributed by atoms with Gasteiger partial charge in [0.2, 0.25) is 23.6 Å². The van der Waals surface area contributed by atoms with Crippen LogP contribution in [0.15, 0.2) is 182 Å². The summed E-state index contributed by atoms with van der Waals surface area (Å²) < 4.78 is 5.90. The molecule has 0 aromatic heterocycles. The number of hydrogen-bond acceptors (Lipinski definition) is 7. The summed E-state index contributed by atoms with van der Waals surface area (Å²) in [5, 5.41) is 0. The molecule has 0 aliphatic carbocycles. The molecular formula is C63H61N3O7. The molecule has 0 unspecified atom stereocenters. The van der Waals surface area contributed by atoms with Gasteiger partial charge in [-0.15, -0.1) is 0 Å². The number of hydrogen-bond donors (Lipinski definition) is 0. The van der Waals surface area contributed by atoms with Crippen LogP contribution >= 0.6 is 0 Å². The van der Waals surface area contributed by atoms with E-state index in [0.29, 0.717) is 34.0 Å². The van der Waals surface area contributed by atoms with Crippen LogP contribution in [-0.4, -0.2) is 47.4 Å². The van der Waals surface area contributed by atoms with Crippen LogP contribution in [0.5, 0.6) is 11.5 Å². The van der Waals surface area contributed by atoms with E-state index in [0.717, 1.165) is 48.1 Å². The highest BCUT2D eigenvalue weighted by Crippen LogP contribution is 2.27. The second-order valence-corrected chi connectivity index (χ2v) is 15.2. The van der Waals surface area contributed by atoms with Gasteiger partial charge in [-0.2, -0.15) is 0 Å². The van der Waals surface area contributed by atoms with E-state index in [1.165, 1.54) is 34.7 Å². The molecule has 0 radical (unpaired) electrons. The minimum Gasteiger partial charge on any atom is -0.457 e. The number of benzene rings is 7. The van der Waals surface area contributed by atoms with Crippen molar-refractivity contribution in [2.24, 2.45) is 0 Å². The lowest BCUT2D eigenvalue weighted by molar-refractivity contribution is -0.125. The van der Waals surface area contributed by atoms with Crippen molar-refractivity contribution in [2.45, 2.75) is 57.4 Å². The third-order valence-electron chi connectivity index (χ3n) is 9.97. The summed E-state index contributed by atoms with van der Waals surface area (Å²) in [5.74, 6) is 17.7. The topological polar surface area (TPSA) is 121 Å². The number of anilines is 2. The van der Waals surface area contributed by atoms with Crippen LogP contribution in [-0.2, 0) is 19.2 Å². The summed E-state index contributed by atoms with van der Waals surface area (Å²) in [5.41, 5.74) is 6.95. The van der Waals surface area contributed by atoms with Crippen LogP contribution in [0.1, 0.15) is 111 Å². The van der Waals surface area contributed by atoms with E-state index in [1.807, 2.05) is 121 Å². The van der Waals surface area contributed by atoms with E-state index >= 15 is 0 Å². The molecule has 1 aliphatic rings. The maximum Gasteiger partial charge on any atom is 0.261 e. The van der Waals surface area contributed by atoms with Gasteiger partial charge in [-0.05, 0) is 103 Å². The first kappa shape index (κ1) is 59.6. The summed E-state index contributed by atoms with van der Waals surface area (Å²) >= 11 is 0. The summed E-state index contributed by atoms with van der Waals surface area (Å²) in [7, 11) is 1.49. The van der Waals surface area contributed by atoms with Crippen molar-refractivity contribution in [3.63, 3.8) is 0 Å². The van der Waals surface area contributed by atoms with Gasteiger partial charge in [-0.3, -0.25) is 43.5 Å². The number of nitrogens with zero attached hydrogens (tertiary/aromatic N) is 3. The normalized spacial score (nSPS) is 10.0. The van der Waals surface area contributed by atoms with E-state index < -0.39 is 0 Å². The van der Waals surface area contributed by atoms with Crippen molar-refractivity contribution < 1.29 is 33.5 Å². The third kappa shape index (κ3) is 16.8. The van der Waals surface area contributed by atoms with E-state index in [9.17, 15) is 28.8 Å². The Morgan fingerprint density at radius 1 is 0.370 bits per heavy atom. The number of rotatable bonds is 4. The van der Waals surface area contributed by atoms with E-state index in [4.69, 9.17) is 4.74 Å². The molecule has 370 valence electrons. The van der Waals surface area contributed by atoms with Gasteiger partial charge in [-0.25, -0.2) is 0 Å². The number of carbonyl (C=O) groups excluding carboxylic acids is 6. The SMILES string of the molecule is C.C.C.C.CC(=O)N(C(C)=O)c1cccc(C#Cc2ccccc2)c1.CC(=O)N(C(C)=O)c1cccc(Oc2cccc(C#Cc3ccccc3)c2)c1.CN1C(=O)c2ccc(C#Cc3ccccc3)cc2C1=O. The van der Waals surface area contributed by atoms with Crippen LogP contribution in [0.2, 0.25) is 0 Å². The van der Waals surface area contributed by atoms with Crippen LogP contribution in [0.3, 0.4) is 0 Å². The lowest BCUT2D eigenvalue weighted by atomic mass is 10.1. The maximum absolute atomic E-state index is 11.9. The number of imide groups is 3. The highest BCUT2D eigenvalue weighted by Gasteiger charge is 2.32. The Morgan fingerprint density at radius 3 is 1.14 bits per heavy atom. The Morgan fingerprint density at radius 2 is 0.699 bits per heavy atom. The molecule has 73 heavy (non-hydrogen) atoms. The number of amides is 6. The molecule has 1 aliphatic heterocycles. The van der Waals surface area contributed by atoms with Gasteiger partial charge < -0.3 is 4.74 Å². The zero-order valence-electron chi connectivity index (χ0n) is 38.5. The Kier molecular flexibility index (Phi) is 23.5. The molecule has 10 heteroatoms. The molecule has 7 aromatic carbocycles. The fraction of sp³-hybridized carbons (Fsp3) is 0.143. The number of carbonyl (C=O) groups is 6. The first-order valence-corrected chi connectivity index (χ1v) is 21.6. The molecule has 1 heterocycles. The standard InChI is InChI=1S/C24H19NO3.C18H15NO2.C17H11NO2.4CH4/c1-18(26)25(19(2)27)22-11-7-13-24(17-22)28-23-12-6-10-21(16-23)15-14-20-8-4-3-5-9-20;1-14(20)19(15(2)21)18-10-6-9-17(13-18)12-11-16-7-4-3-5-8-16;1-18-16(19)14-10-9-13(11-15(14)17(18)20)8-7-12-5-3-2-4-6-12;;;;/h3-13,16-17H,1-2H3;3-10,13H,1-2H3;2-6,9-11H,1H3;4*1H4. The van der Waals surface area contributed by atoms with Crippen molar-refractivity contribution in [1.29, 1.82) is 0 Å². The molecule has 0 saturated heterocycles. The lowest BCUT2D eigenvalue weighted by Gasteiger charge is -2.18. The van der Waals surface area contributed by atoms with Gasteiger partial charge in [0.15, 0.2) is 0 Å². The van der Waals surface area contributed by atoms with Crippen molar-refractivity contribution in [1.82, 2.24) is 4.90 Å². The zero-order valence-corrected chi connectivity index (χ0v) is 38.5. The Balaban J connectivity index is 0.000000371. The van der Waals surface area contributed by atoms with E-state index in [1.54, 1.807) is 60.7 Å². The smallest absolute Gasteiger partial charge is 0.261 e. The Labute approximate surface area is 431 Å². The summed E-state index contributed by atoms with van der Waals surface area (Å²) in [6, 6.07) is 55.5. The molecule has 0 saturated carbocycles. The van der Waals surface area contributed by atoms with E-state index in [-0.39, 0.29) is 65.1 Å². The van der Waals surface area contributed by atoms with Crippen molar-refractivity contribution in [2.75, 3.05) is 16.8 Å². The molecule has 0 spiro atoms. The molecule has 8 rings (SSSR count). The summed E-state index contributed by atoms with van der Waals surface area (Å²) in [4.78, 5) is 73.6.